The van der Waals surface area contributed by atoms with Crippen LogP contribution >= 0.6 is 0 Å². The Balaban J connectivity index is 0.00000147. The number of benzene rings is 1. The van der Waals surface area contributed by atoms with E-state index in [0.717, 1.165) is 22.5 Å². The summed E-state index contributed by atoms with van der Waals surface area (Å²) in [6.45, 7) is 9.87. The van der Waals surface area contributed by atoms with E-state index in [4.69, 9.17) is 0 Å². The summed E-state index contributed by atoms with van der Waals surface area (Å²) < 4.78 is 1.99. The summed E-state index contributed by atoms with van der Waals surface area (Å²) in [4.78, 5) is 9.07. The van der Waals surface area contributed by atoms with Crippen LogP contribution in [0.2, 0.25) is 0 Å². The molecular weight excluding hydrogens is 323 g/mol. The van der Waals surface area contributed by atoms with E-state index in [1.165, 1.54) is 5.39 Å². The second kappa shape index (κ2) is 6.07. The first-order valence-electron chi connectivity index (χ1n) is 6.26. The fraction of sp³-hybridized carbons (Fsp3) is 0.125. The van der Waals surface area contributed by atoms with Gasteiger partial charge < -0.3 is 6.92 Å². The number of rotatable bonds is 2. The van der Waals surface area contributed by atoms with Crippen LogP contribution in [0.15, 0.2) is 36.5 Å². The Hall–Kier alpha value is -1.19. The molecule has 0 unspecified atom stereocenters. The molecule has 2 heterocycles. The molecule has 0 saturated heterocycles. The van der Waals surface area contributed by atoms with Crippen molar-refractivity contribution in [3.05, 3.63) is 67.3 Å². The summed E-state index contributed by atoms with van der Waals surface area (Å²) in [7, 11) is 0. The Kier molecular flexibility index (Phi) is 4.61. The van der Waals surface area contributed by atoms with Gasteiger partial charge in [-0.2, -0.15) is 5.56 Å². The number of hydrogen-bond acceptors (Lipinski definition) is 2. The smallest absolute Gasteiger partial charge is 0.230 e. The van der Waals surface area contributed by atoms with Crippen molar-refractivity contribution in [1.29, 1.82) is 0 Å². The molecule has 0 aliphatic rings. The zero-order valence-corrected chi connectivity index (χ0v) is 14.3. The summed E-state index contributed by atoms with van der Waals surface area (Å²) in [6, 6.07) is 10.2. The Morgan fingerprint density at radius 3 is 2.60 bits per heavy atom. The van der Waals surface area contributed by atoms with Crippen LogP contribution in [0, 0.1) is 20.8 Å². The molecule has 1 aromatic carbocycles. The molecule has 3 nitrogen and oxygen atoms in total. The SMILES string of the molecule is [CH2-]Cc1c([CH2-])nc(-n2ccc3ccccc32)nc1C.[Y]. The normalized spacial score (nSPS) is 10.5. The van der Waals surface area contributed by atoms with Gasteiger partial charge in [-0.3, -0.25) is 9.55 Å². The third-order valence-corrected chi connectivity index (χ3v) is 3.35. The van der Waals surface area contributed by atoms with Crippen LogP contribution in [0.4, 0.5) is 0 Å². The molecule has 0 amide bonds. The van der Waals surface area contributed by atoms with E-state index in [1.54, 1.807) is 0 Å². The van der Waals surface area contributed by atoms with Crippen LogP contribution in [0.1, 0.15) is 17.0 Å². The zero-order valence-electron chi connectivity index (χ0n) is 11.5. The molecule has 0 aliphatic carbocycles. The van der Waals surface area contributed by atoms with E-state index in [0.29, 0.717) is 12.4 Å². The van der Waals surface area contributed by atoms with Gasteiger partial charge in [0.25, 0.3) is 0 Å². The van der Waals surface area contributed by atoms with Crippen LogP contribution in [-0.4, -0.2) is 14.5 Å². The van der Waals surface area contributed by atoms with Crippen molar-refractivity contribution in [2.75, 3.05) is 0 Å². The molecule has 3 aromatic rings. The maximum absolute atomic E-state index is 4.57. The fourth-order valence-corrected chi connectivity index (χ4v) is 2.33. The zero-order chi connectivity index (χ0) is 13.4. The Morgan fingerprint density at radius 1 is 1.15 bits per heavy atom. The maximum Gasteiger partial charge on any atom is 0.230 e. The molecule has 2 aromatic heterocycles. The van der Waals surface area contributed by atoms with Gasteiger partial charge in [0.1, 0.15) is 0 Å². The molecule has 0 aliphatic heterocycles. The van der Waals surface area contributed by atoms with Crippen molar-refractivity contribution in [3.63, 3.8) is 0 Å². The van der Waals surface area contributed by atoms with E-state index in [2.05, 4.69) is 42.0 Å². The minimum Gasteiger partial charge on any atom is -0.355 e. The van der Waals surface area contributed by atoms with Crippen molar-refractivity contribution in [3.8, 4) is 5.95 Å². The second-order valence-electron chi connectivity index (χ2n) is 4.53. The summed E-state index contributed by atoms with van der Waals surface area (Å²) in [5, 5.41) is 1.18. The molecule has 4 heteroatoms. The first kappa shape index (κ1) is 15.2. The molecule has 0 atom stereocenters. The third-order valence-electron chi connectivity index (χ3n) is 3.35. The van der Waals surface area contributed by atoms with Gasteiger partial charge in [0.2, 0.25) is 5.95 Å². The van der Waals surface area contributed by atoms with Gasteiger partial charge in [0.05, 0.1) is 5.52 Å². The summed E-state index contributed by atoms with van der Waals surface area (Å²) in [6.07, 6.45) is 2.65. The van der Waals surface area contributed by atoms with Crippen molar-refractivity contribution in [2.45, 2.75) is 13.3 Å². The second-order valence-corrected chi connectivity index (χ2v) is 4.53. The van der Waals surface area contributed by atoms with Crippen LogP contribution in [0.5, 0.6) is 0 Å². The predicted octanol–water partition coefficient (Wildman–Crippen LogP) is 3.29. The number of fused-ring (bicyclic) bond motifs is 1. The fourth-order valence-electron chi connectivity index (χ4n) is 2.33. The van der Waals surface area contributed by atoms with Gasteiger partial charge in [-0.15, -0.1) is 0 Å². The minimum atomic E-state index is 0. The maximum atomic E-state index is 4.57. The topological polar surface area (TPSA) is 30.7 Å². The Morgan fingerprint density at radius 2 is 1.90 bits per heavy atom. The molecule has 0 N–H and O–H groups in total. The molecule has 0 bridgehead atoms. The molecule has 1 radical (unpaired) electrons. The molecule has 99 valence electrons. The van der Waals surface area contributed by atoms with Crippen LogP contribution in [0.3, 0.4) is 0 Å². The van der Waals surface area contributed by atoms with Gasteiger partial charge in [0, 0.05) is 44.3 Å². The molecular formula is C16H15N3Y-2. The standard InChI is InChI=1S/C16H15N3.Y/c1-4-14-11(2)17-16(18-12(14)3)19-10-9-13-7-5-6-8-15(13)19;/h5-10H,1-2,4H2,3H3;/q-2;. The van der Waals surface area contributed by atoms with E-state index >= 15 is 0 Å². The van der Waals surface area contributed by atoms with Crippen LogP contribution < -0.4 is 0 Å². The third kappa shape index (κ3) is 2.52. The first-order valence-corrected chi connectivity index (χ1v) is 6.26. The van der Waals surface area contributed by atoms with Crippen LogP contribution in [0.25, 0.3) is 16.9 Å². The summed E-state index contributed by atoms with van der Waals surface area (Å²) in [5.41, 5.74) is 3.84. The van der Waals surface area contributed by atoms with Gasteiger partial charge in [0.15, 0.2) is 0 Å². The van der Waals surface area contributed by atoms with Crippen LogP contribution in [-0.2, 0) is 39.1 Å². The first-order chi connectivity index (χ1) is 9.20. The molecule has 3 rings (SSSR count). The monoisotopic (exact) mass is 338 g/mol. The summed E-state index contributed by atoms with van der Waals surface area (Å²) in [5.74, 6) is 0.668. The minimum absolute atomic E-state index is 0. The Bertz CT molecular complexity index is 723. The molecule has 0 fully saturated rings. The largest absolute Gasteiger partial charge is 0.355 e. The quantitative estimate of drug-likeness (QED) is 0.672. The summed E-state index contributed by atoms with van der Waals surface area (Å²) >= 11 is 0. The van der Waals surface area contributed by atoms with E-state index < -0.39 is 0 Å². The number of aromatic nitrogens is 3. The van der Waals surface area contributed by atoms with Crippen molar-refractivity contribution >= 4 is 10.9 Å². The van der Waals surface area contributed by atoms with Gasteiger partial charge in [-0.25, -0.2) is 18.3 Å². The van der Waals surface area contributed by atoms with Gasteiger partial charge in [-0.1, -0.05) is 23.9 Å². The van der Waals surface area contributed by atoms with Gasteiger partial charge in [-0.05, 0) is 24.8 Å². The molecule has 20 heavy (non-hydrogen) atoms. The van der Waals surface area contributed by atoms with E-state index in [9.17, 15) is 0 Å². The Labute approximate surface area is 144 Å². The van der Waals surface area contributed by atoms with Gasteiger partial charge >= 0.3 is 0 Å². The average molecular weight is 338 g/mol. The molecule has 0 saturated carbocycles. The number of hydrogen-bond donors (Lipinski definition) is 0. The van der Waals surface area contributed by atoms with Crippen molar-refractivity contribution in [1.82, 2.24) is 14.5 Å². The van der Waals surface area contributed by atoms with E-state index in [1.807, 2.05) is 29.8 Å². The number of para-hydroxylation sites is 1. The average Bonchev–Trinajstić information content (AvgIpc) is 2.82. The predicted molar refractivity (Wildman–Crippen MR) is 77.1 cm³/mol. The number of nitrogens with zero attached hydrogens (tertiary/aromatic N) is 3. The molecule has 0 spiro atoms. The van der Waals surface area contributed by atoms with Crippen molar-refractivity contribution < 1.29 is 32.7 Å². The number of aryl methyl sites for hydroxylation is 1. The van der Waals surface area contributed by atoms with Crippen molar-refractivity contribution in [2.24, 2.45) is 0 Å². The van der Waals surface area contributed by atoms with E-state index in [-0.39, 0.29) is 32.7 Å².